The maximum Gasteiger partial charge on any atom is 0.271 e. The van der Waals surface area contributed by atoms with Gasteiger partial charge in [0.25, 0.3) is 11.4 Å². The van der Waals surface area contributed by atoms with E-state index in [1.807, 2.05) is 0 Å². The van der Waals surface area contributed by atoms with Crippen LogP contribution in [-0.2, 0) is 9.47 Å². The molecule has 3 heterocycles. The number of hydrogen-bond donors (Lipinski definition) is 0. The summed E-state index contributed by atoms with van der Waals surface area (Å²) in [6, 6.07) is 9.91. The lowest BCUT2D eigenvalue weighted by molar-refractivity contribution is -0.385. The summed E-state index contributed by atoms with van der Waals surface area (Å²) in [6.07, 6.45) is 0. The van der Waals surface area contributed by atoms with Gasteiger partial charge in [0.15, 0.2) is 0 Å². The van der Waals surface area contributed by atoms with Gasteiger partial charge in [-0.05, 0) is 12.1 Å². The predicted octanol–water partition coefficient (Wildman–Crippen LogP) is 2.42. The molecule has 0 radical (unpaired) electrons. The summed E-state index contributed by atoms with van der Waals surface area (Å²) < 4.78 is 11.8. The Morgan fingerprint density at radius 2 is 0.941 bits per heavy atom. The maximum atomic E-state index is 11.3. The van der Waals surface area contributed by atoms with Gasteiger partial charge in [-0.15, -0.1) is 0 Å². The van der Waals surface area contributed by atoms with E-state index >= 15 is 0 Å². The van der Waals surface area contributed by atoms with Gasteiger partial charge in [0, 0.05) is 50.4 Å². The van der Waals surface area contributed by atoms with Crippen LogP contribution in [-0.4, -0.2) is 75.8 Å². The summed E-state index contributed by atoms with van der Waals surface area (Å²) >= 11 is 0. The van der Waals surface area contributed by atoms with Crippen molar-refractivity contribution in [2.45, 2.75) is 0 Å². The fourth-order valence-corrected chi connectivity index (χ4v) is 4.68. The molecule has 12 nitrogen and oxygen atoms in total. The third kappa shape index (κ3) is 4.29. The van der Waals surface area contributed by atoms with Crippen LogP contribution in [0.1, 0.15) is 0 Å². The maximum absolute atomic E-state index is 11.3. The standard InChI is InChI=1S/C22H26N6O6/c29-27(30)17-1-3-19-21(13-17)25-7-11-34-12-8-26-16-24(6-10-33-9-5-23(19)15-25)20-4-2-18(28(31)32)14-22(20)26/h1-4,13-14H,5-12,15-16H2. The molecule has 0 spiro atoms. The van der Waals surface area contributed by atoms with E-state index in [0.717, 1.165) is 22.7 Å². The number of nitrogens with zero attached hydrogens (tertiary/aromatic N) is 6. The predicted molar refractivity (Wildman–Crippen MR) is 127 cm³/mol. The SMILES string of the molecule is O=[N+]([O-])c1ccc2c(c1)N1CCOCCN3CN(CCOCCN2C1)c1ccc([N+](=O)[O-])cc13. The van der Waals surface area contributed by atoms with Gasteiger partial charge in [-0.1, -0.05) is 0 Å². The van der Waals surface area contributed by atoms with Crippen molar-refractivity contribution in [3.05, 3.63) is 56.6 Å². The average molecular weight is 470 g/mol. The minimum absolute atomic E-state index is 0.0688. The van der Waals surface area contributed by atoms with Gasteiger partial charge in [0.1, 0.15) is 0 Å². The van der Waals surface area contributed by atoms with Crippen molar-refractivity contribution in [3.8, 4) is 0 Å². The van der Waals surface area contributed by atoms with Crippen molar-refractivity contribution in [2.75, 3.05) is 85.5 Å². The summed E-state index contributed by atoms with van der Waals surface area (Å²) in [4.78, 5) is 30.3. The number of nitro groups is 2. The molecule has 0 aromatic heterocycles. The first kappa shape index (κ1) is 22.2. The van der Waals surface area contributed by atoms with E-state index in [-0.39, 0.29) is 21.2 Å². The van der Waals surface area contributed by atoms with Crippen LogP contribution in [0.5, 0.6) is 0 Å². The van der Waals surface area contributed by atoms with E-state index in [9.17, 15) is 20.2 Å². The summed E-state index contributed by atoms with van der Waals surface area (Å²) in [5, 5.41) is 22.5. The van der Waals surface area contributed by atoms with Crippen molar-refractivity contribution < 1.29 is 19.3 Å². The van der Waals surface area contributed by atoms with Gasteiger partial charge in [-0.2, -0.15) is 0 Å². The molecule has 0 N–H and O–H groups in total. The molecule has 0 saturated carbocycles. The number of rotatable bonds is 2. The highest BCUT2D eigenvalue weighted by Crippen LogP contribution is 2.39. The van der Waals surface area contributed by atoms with Crippen LogP contribution in [0.25, 0.3) is 0 Å². The Bertz CT molecular complexity index is 1010. The van der Waals surface area contributed by atoms with Crippen molar-refractivity contribution in [1.29, 1.82) is 0 Å². The molecule has 12 heteroatoms. The Morgan fingerprint density at radius 1 is 0.588 bits per heavy atom. The average Bonchev–Trinajstić information content (AvgIpc) is 3.35. The minimum Gasteiger partial charge on any atom is -0.378 e. The monoisotopic (exact) mass is 470 g/mol. The molecule has 34 heavy (non-hydrogen) atoms. The van der Waals surface area contributed by atoms with E-state index in [1.165, 1.54) is 12.1 Å². The van der Waals surface area contributed by atoms with E-state index < -0.39 is 0 Å². The van der Waals surface area contributed by atoms with Crippen LogP contribution in [0.3, 0.4) is 0 Å². The highest BCUT2D eigenvalue weighted by atomic mass is 16.6. The Morgan fingerprint density at radius 3 is 1.29 bits per heavy atom. The molecule has 4 bridgehead atoms. The Hall–Kier alpha value is -3.64. The summed E-state index contributed by atoms with van der Waals surface area (Å²) in [7, 11) is 0. The molecule has 3 aliphatic rings. The number of hydrogen-bond acceptors (Lipinski definition) is 10. The zero-order valence-corrected chi connectivity index (χ0v) is 18.7. The molecule has 0 aliphatic carbocycles. The van der Waals surface area contributed by atoms with Gasteiger partial charge in [0.2, 0.25) is 0 Å². The molecule has 0 unspecified atom stereocenters. The van der Waals surface area contributed by atoms with Gasteiger partial charge in [-0.25, -0.2) is 0 Å². The first-order chi connectivity index (χ1) is 16.5. The molecular formula is C22H26N6O6. The number of benzene rings is 2. The Kier molecular flexibility index (Phi) is 6.07. The van der Waals surface area contributed by atoms with Crippen LogP contribution >= 0.6 is 0 Å². The molecule has 5 rings (SSSR count). The third-order valence-corrected chi connectivity index (χ3v) is 6.41. The van der Waals surface area contributed by atoms with Crippen LogP contribution in [0, 0.1) is 20.2 Å². The van der Waals surface area contributed by atoms with Gasteiger partial charge < -0.3 is 29.1 Å². The first-order valence-corrected chi connectivity index (χ1v) is 11.2. The van der Waals surface area contributed by atoms with Crippen LogP contribution in [0.2, 0.25) is 0 Å². The highest BCUT2D eigenvalue weighted by molar-refractivity contribution is 5.79. The molecule has 180 valence electrons. The molecule has 0 amide bonds. The number of nitro benzene ring substituents is 2. The fourth-order valence-electron chi connectivity index (χ4n) is 4.68. The number of fused-ring (bicyclic) bond motifs is 10. The summed E-state index contributed by atoms with van der Waals surface area (Å²) in [5.74, 6) is 0. The van der Waals surface area contributed by atoms with Gasteiger partial charge >= 0.3 is 0 Å². The second-order valence-electron chi connectivity index (χ2n) is 8.42. The lowest BCUT2D eigenvalue weighted by atomic mass is 10.2. The zero-order valence-electron chi connectivity index (χ0n) is 18.7. The Labute approximate surface area is 196 Å². The summed E-state index contributed by atoms with van der Waals surface area (Å²) in [6.45, 7) is 5.73. The minimum atomic E-state index is -0.378. The molecule has 0 atom stereocenters. The largest absolute Gasteiger partial charge is 0.378 e. The molecule has 1 saturated heterocycles. The summed E-state index contributed by atoms with van der Waals surface area (Å²) in [5.41, 5.74) is 3.72. The van der Waals surface area contributed by atoms with Crippen molar-refractivity contribution in [2.24, 2.45) is 0 Å². The molecule has 2 aromatic carbocycles. The van der Waals surface area contributed by atoms with Crippen LogP contribution in [0.4, 0.5) is 34.1 Å². The van der Waals surface area contributed by atoms with Gasteiger partial charge in [-0.3, -0.25) is 20.2 Å². The molecular weight excluding hydrogens is 444 g/mol. The topological polar surface area (TPSA) is 118 Å². The van der Waals surface area contributed by atoms with Gasteiger partial charge in [0.05, 0.1) is 72.4 Å². The lowest BCUT2D eigenvalue weighted by Gasteiger charge is -2.24. The quantitative estimate of drug-likeness (QED) is 0.478. The van der Waals surface area contributed by atoms with Crippen molar-refractivity contribution in [3.63, 3.8) is 0 Å². The number of anilines is 4. The first-order valence-electron chi connectivity index (χ1n) is 11.2. The second-order valence-corrected chi connectivity index (χ2v) is 8.42. The van der Waals surface area contributed by atoms with E-state index in [1.54, 1.807) is 24.3 Å². The zero-order chi connectivity index (χ0) is 23.7. The Balaban J connectivity index is 1.32. The number of ether oxygens (including phenoxy) is 2. The second kappa shape index (κ2) is 9.31. The third-order valence-electron chi connectivity index (χ3n) is 6.41. The molecule has 2 aromatic rings. The van der Waals surface area contributed by atoms with Crippen LogP contribution < -0.4 is 19.6 Å². The normalized spacial score (nSPS) is 18.6. The van der Waals surface area contributed by atoms with E-state index in [0.29, 0.717) is 65.9 Å². The van der Waals surface area contributed by atoms with Crippen LogP contribution in [0.15, 0.2) is 36.4 Å². The molecule has 1 fully saturated rings. The smallest absolute Gasteiger partial charge is 0.271 e. The molecule has 3 aliphatic heterocycles. The van der Waals surface area contributed by atoms with Crippen molar-refractivity contribution >= 4 is 34.1 Å². The van der Waals surface area contributed by atoms with Crippen molar-refractivity contribution in [1.82, 2.24) is 0 Å². The fraction of sp³-hybridized carbons (Fsp3) is 0.455. The lowest BCUT2D eigenvalue weighted by Crippen LogP contribution is -2.37. The van der Waals surface area contributed by atoms with E-state index in [4.69, 9.17) is 9.47 Å². The number of non-ortho nitro benzene ring substituents is 2. The van der Waals surface area contributed by atoms with E-state index in [2.05, 4.69) is 19.6 Å². The highest BCUT2D eigenvalue weighted by Gasteiger charge is 2.29.